The molecule has 6 nitrogen and oxygen atoms in total. The minimum atomic E-state index is -0.842. The minimum Gasteiger partial charge on any atom is -0.349 e. The summed E-state index contributed by atoms with van der Waals surface area (Å²) < 4.78 is 14.1. The highest BCUT2D eigenvalue weighted by atomic mass is 35.5. The van der Waals surface area contributed by atoms with Gasteiger partial charge in [-0.3, -0.25) is 14.9 Å². The Balaban J connectivity index is 1.78. The first-order chi connectivity index (χ1) is 11.7. The van der Waals surface area contributed by atoms with E-state index in [9.17, 15) is 14.0 Å². The lowest BCUT2D eigenvalue weighted by atomic mass is 9.87. The summed E-state index contributed by atoms with van der Waals surface area (Å²) in [4.78, 5) is 32.8. The van der Waals surface area contributed by atoms with Gasteiger partial charge in [0.25, 0.3) is 11.8 Å². The second kappa shape index (κ2) is 6.29. The van der Waals surface area contributed by atoms with Crippen LogP contribution in [0.3, 0.4) is 0 Å². The Morgan fingerprint density at radius 2 is 2.00 bits per heavy atom. The monoisotopic (exact) mass is 366 g/mol. The van der Waals surface area contributed by atoms with Crippen molar-refractivity contribution in [2.24, 2.45) is 4.99 Å². The van der Waals surface area contributed by atoms with Crippen LogP contribution in [0.1, 0.15) is 28.8 Å². The molecule has 2 aliphatic heterocycles. The molecule has 0 radical (unpaired) electrons. The predicted molar refractivity (Wildman–Crippen MR) is 93.3 cm³/mol. The van der Waals surface area contributed by atoms with Crippen LogP contribution in [0.15, 0.2) is 17.1 Å². The van der Waals surface area contributed by atoms with Crippen LogP contribution in [-0.4, -0.2) is 60.3 Å². The molecule has 1 N–H and O–H groups in total. The van der Waals surface area contributed by atoms with Crippen LogP contribution in [-0.2, 0) is 4.79 Å². The Morgan fingerprint density at radius 1 is 1.36 bits per heavy atom. The topological polar surface area (TPSA) is 65.0 Å². The van der Waals surface area contributed by atoms with Gasteiger partial charge in [0.2, 0.25) is 5.96 Å². The lowest BCUT2D eigenvalue weighted by Gasteiger charge is -2.35. The van der Waals surface area contributed by atoms with E-state index in [1.54, 1.807) is 32.0 Å². The molecule has 1 fully saturated rings. The van der Waals surface area contributed by atoms with E-state index >= 15 is 0 Å². The standard InChI is InChI=1S/C17H20ClFN4O2/c1-10-4-5-11(19)12(13(10)18)14(24)23-8-6-17(7-9-23)15(25)20-16(21-17)22(2)3/h4-5H,6-9H2,1-3H3,(H,20,21,25). The van der Waals surface area contributed by atoms with E-state index in [0.29, 0.717) is 37.5 Å². The molecule has 1 spiro atoms. The van der Waals surface area contributed by atoms with Crippen molar-refractivity contribution in [1.29, 1.82) is 0 Å². The van der Waals surface area contributed by atoms with E-state index in [1.165, 1.54) is 11.0 Å². The third kappa shape index (κ3) is 2.97. The summed E-state index contributed by atoms with van der Waals surface area (Å²) in [5.74, 6) is -0.704. The minimum absolute atomic E-state index is 0.106. The van der Waals surface area contributed by atoms with Crippen LogP contribution in [0.4, 0.5) is 4.39 Å². The van der Waals surface area contributed by atoms with Gasteiger partial charge in [-0.2, -0.15) is 0 Å². The fraction of sp³-hybridized carbons (Fsp3) is 0.471. The molecule has 0 saturated carbocycles. The Kier molecular flexibility index (Phi) is 4.45. The first kappa shape index (κ1) is 17.7. The summed E-state index contributed by atoms with van der Waals surface area (Å²) in [6.07, 6.45) is 0.792. The SMILES string of the molecule is Cc1ccc(F)c(C(=O)N2CCC3(CC2)N=C(N(C)C)NC3=O)c1Cl. The van der Waals surface area contributed by atoms with E-state index in [1.807, 2.05) is 0 Å². The van der Waals surface area contributed by atoms with Gasteiger partial charge in [-0.25, -0.2) is 9.38 Å². The molecule has 0 bridgehead atoms. The van der Waals surface area contributed by atoms with Crippen molar-refractivity contribution < 1.29 is 14.0 Å². The summed E-state index contributed by atoms with van der Waals surface area (Å²) >= 11 is 6.13. The number of carbonyl (C=O) groups is 2. The molecular weight excluding hydrogens is 347 g/mol. The van der Waals surface area contributed by atoms with Crippen molar-refractivity contribution >= 4 is 29.4 Å². The molecule has 0 aromatic heterocycles. The third-order valence-electron chi connectivity index (χ3n) is 4.77. The quantitative estimate of drug-likeness (QED) is 0.824. The van der Waals surface area contributed by atoms with E-state index in [2.05, 4.69) is 10.3 Å². The number of halogens is 2. The van der Waals surface area contributed by atoms with Crippen molar-refractivity contribution in [1.82, 2.24) is 15.1 Å². The third-order valence-corrected chi connectivity index (χ3v) is 5.25. The number of piperidine rings is 1. The van der Waals surface area contributed by atoms with E-state index < -0.39 is 17.3 Å². The van der Waals surface area contributed by atoms with Crippen LogP contribution < -0.4 is 5.32 Å². The zero-order chi connectivity index (χ0) is 18.4. The van der Waals surface area contributed by atoms with Gasteiger partial charge in [0.15, 0.2) is 0 Å². The number of nitrogens with one attached hydrogen (secondary N) is 1. The highest BCUT2D eigenvalue weighted by Crippen LogP contribution is 2.32. The van der Waals surface area contributed by atoms with Crippen molar-refractivity contribution in [3.8, 4) is 0 Å². The van der Waals surface area contributed by atoms with Gasteiger partial charge in [-0.15, -0.1) is 0 Å². The van der Waals surface area contributed by atoms with Gasteiger partial charge >= 0.3 is 0 Å². The number of amides is 2. The number of hydrogen-bond donors (Lipinski definition) is 1. The van der Waals surface area contributed by atoms with Gasteiger partial charge < -0.3 is 9.80 Å². The molecule has 0 aliphatic carbocycles. The Morgan fingerprint density at radius 3 is 2.56 bits per heavy atom. The fourth-order valence-corrected chi connectivity index (χ4v) is 3.37. The molecule has 1 aromatic rings. The van der Waals surface area contributed by atoms with Gasteiger partial charge in [-0.05, 0) is 31.4 Å². The average molecular weight is 367 g/mol. The number of aliphatic imine (C=N–C) groups is 1. The van der Waals surface area contributed by atoms with Crippen molar-refractivity contribution in [2.75, 3.05) is 27.2 Å². The van der Waals surface area contributed by atoms with Gasteiger partial charge in [0, 0.05) is 27.2 Å². The smallest absolute Gasteiger partial charge is 0.258 e. The lowest BCUT2D eigenvalue weighted by Crippen LogP contribution is -2.50. The molecular formula is C17H20ClFN4O2. The van der Waals surface area contributed by atoms with Gasteiger partial charge in [-0.1, -0.05) is 17.7 Å². The predicted octanol–water partition coefficient (Wildman–Crippen LogP) is 1.81. The number of carbonyl (C=O) groups excluding carboxylic acids is 2. The van der Waals surface area contributed by atoms with Crippen LogP contribution in [0.25, 0.3) is 0 Å². The molecule has 8 heteroatoms. The second-order valence-electron chi connectivity index (χ2n) is 6.66. The van der Waals surface area contributed by atoms with Crippen molar-refractivity contribution in [3.63, 3.8) is 0 Å². The fourth-order valence-electron chi connectivity index (χ4n) is 3.14. The summed E-state index contributed by atoms with van der Waals surface area (Å²) in [6.45, 7) is 2.37. The molecule has 25 heavy (non-hydrogen) atoms. The van der Waals surface area contributed by atoms with Gasteiger partial charge in [0.1, 0.15) is 11.4 Å². The number of guanidine groups is 1. The zero-order valence-corrected chi connectivity index (χ0v) is 15.2. The Hall–Kier alpha value is -2.15. The van der Waals surface area contributed by atoms with Crippen molar-refractivity contribution in [2.45, 2.75) is 25.3 Å². The Labute approximate surface area is 150 Å². The summed E-state index contributed by atoms with van der Waals surface area (Å²) in [5.41, 5.74) is -0.299. The first-order valence-electron chi connectivity index (χ1n) is 8.08. The van der Waals surface area contributed by atoms with Crippen molar-refractivity contribution in [3.05, 3.63) is 34.1 Å². The zero-order valence-electron chi connectivity index (χ0n) is 14.4. The number of nitrogens with zero attached hydrogens (tertiary/aromatic N) is 3. The second-order valence-corrected chi connectivity index (χ2v) is 7.04. The van der Waals surface area contributed by atoms with Gasteiger partial charge in [0.05, 0.1) is 10.6 Å². The largest absolute Gasteiger partial charge is 0.349 e. The molecule has 0 unspecified atom stereocenters. The molecule has 2 amide bonds. The molecule has 3 rings (SSSR count). The number of likely N-dealkylation sites (tertiary alicyclic amines) is 1. The summed E-state index contributed by atoms with van der Waals surface area (Å²) in [7, 11) is 3.61. The average Bonchev–Trinajstić information content (AvgIpc) is 2.89. The summed E-state index contributed by atoms with van der Waals surface area (Å²) in [6, 6.07) is 2.79. The van der Waals surface area contributed by atoms with E-state index in [0.717, 1.165) is 0 Å². The van der Waals surface area contributed by atoms with Crippen LogP contribution in [0.5, 0.6) is 0 Å². The number of aryl methyl sites for hydroxylation is 1. The number of rotatable bonds is 1. The first-order valence-corrected chi connectivity index (χ1v) is 8.45. The van der Waals surface area contributed by atoms with Crippen LogP contribution >= 0.6 is 11.6 Å². The lowest BCUT2D eigenvalue weighted by molar-refractivity contribution is -0.125. The molecule has 1 saturated heterocycles. The maximum Gasteiger partial charge on any atom is 0.258 e. The number of hydrogen-bond acceptors (Lipinski definition) is 4. The van der Waals surface area contributed by atoms with Crippen LogP contribution in [0, 0.1) is 12.7 Å². The Bertz CT molecular complexity index is 770. The number of benzene rings is 1. The molecule has 2 aliphatic rings. The van der Waals surface area contributed by atoms with E-state index in [-0.39, 0.29) is 16.5 Å². The highest BCUT2D eigenvalue weighted by molar-refractivity contribution is 6.34. The maximum absolute atomic E-state index is 14.1. The molecule has 1 aromatic carbocycles. The molecule has 0 atom stereocenters. The maximum atomic E-state index is 14.1. The van der Waals surface area contributed by atoms with Crippen LogP contribution in [0.2, 0.25) is 5.02 Å². The summed E-state index contributed by atoms with van der Waals surface area (Å²) in [5, 5.41) is 2.90. The van der Waals surface area contributed by atoms with E-state index in [4.69, 9.17) is 11.6 Å². The normalized spacial score (nSPS) is 19.0. The highest BCUT2D eigenvalue weighted by Gasteiger charge is 2.47. The molecule has 2 heterocycles. The molecule has 134 valence electrons.